The Kier molecular flexibility index (Phi) is 6.81. The summed E-state index contributed by atoms with van der Waals surface area (Å²) in [4.78, 5) is 26.8. The summed E-state index contributed by atoms with van der Waals surface area (Å²) in [6.45, 7) is 2.99. The van der Waals surface area contributed by atoms with E-state index < -0.39 is 0 Å². The van der Waals surface area contributed by atoms with Crippen LogP contribution in [0.5, 0.6) is 0 Å². The average Bonchev–Trinajstić information content (AvgIpc) is 3.40. The first-order chi connectivity index (χ1) is 13.7. The molecule has 0 saturated carbocycles. The van der Waals surface area contributed by atoms with Gasteiger partial charge in [-0.25, -0.2) is 4.79 Å². The van der Waals surface area contributed by atoms with Gasteiger partial charge in [-0.3, -0.25) is 4.79 Å². The lowest BCUT2D eigenvalue weighted by molar-refractivity contribution is -0.117. The third kappa shape index (κ3) is 5.20. The van der Waals surface area contributed by atoms with Gasteiger partial charge in [0.25, 0.3) is 0 Å². The molecule has 0 aliphatic carbocycles. The number of aromatic amines is 1. The number of H-pyrrole nitrogens is 1. The van der Waals surface area contributed by atoms with Crippen LogP contribution >= 0.6 is 0 Å². The fourth-order valence-corrected chi connectivity index (χ4v) is 3.05. The molecule has 1 unspecified atom stereocenters. The molecule has 1 atom stereocenters. The van der Waals surface area contributed by atoms with Crippen LogP contribution < -0.4 is 10.6 Å². The van der Waals surface area contributed by atoms with Gasteiger partial charge in [-0.1, -0.05) is 36.4 Å². The second-order valence-electron chi connectivity index (χ2n) is 6.50. The Bertz CT molecular complexity index is 888. The van der Waals surface area contributed by atoms with Gasteiger partial charge in [0.15, 0.2) is 0 Å². The summed E-state index contributed by atoms with van der Waals surface area (Å²) < 4.78 is 4.97. The van der Waals surface area contributed by atoms with E-state index in [1.807, 2.05) is 54.6 Å². The number of rotatable bonds is 4. The molecule has 146 valence electrons. The van der Waals surface area contributed by atoms with Crippen LogP contribution in [0.1, 0.15) is 30.3 Å². The number of esters is 1. The average molecular weight is 379 g/mol. The molecule has 1 aromatic heterocycles. The maximum Gasteiger partial charge on any atom is 0.354 e. The second-order valence-corrected chi connectivity index (χ2v) is 6.50. The van der Waals surface area contributed by atoms with Gasteiger partial charge in [-0.2, -0.15) is 0 Å². The molecule has 6 heteroatoms. The molecule has 2 heterocycles. The van der Waals surface area contributed by atoms with Crippen molar-refractivity contribution in [1.29, 1.82) is 0 Å². The molecule has 0 radical (unpaired) electrons. The third-order valence-corrected chi connectivity index (χ3v) is 4.43. The summed E-state index contributed by atoms with van der Waals surface area (Å²) in [5, 5.41) is 6.94. The molecule has 1 fully saturated rings. The van der Waals surface area contributed by atoms with Crippen molar-refractivity contribution in [3.63, 3.8) is 0 Å². The molecule has 0 spiro atoms. The van der Waals surface area contributed by atoms with E-state index in [1.54, 1.807) is 13.0 Å². The van der Waals surface area contributed by atoms with Gasteiger partial charge in [0.1, 0.15) is 5.69 Å². The van der Waals surface area contributed by atoms with Crippen molar-refractivity contribution in [3.05, 3.63) is 66.4 Å². The largest absolute Gasteiger partial charge is 0.461 e. The molecule has 1 saturated heterocycles. The maximum absolute atomic E-state index is 12.1. The number of carbonyl (C=O) groups excluding carboxylic acids is 2. The summed E-state index contributed by atoms with van der Waals surface area (Å²) in [7, 11) is 0. The Morgan fingerprint density at radius 3 is 2.43 bits per heavy atom. The van der Waals surface area contributed by atoms with E-state index in [0.717, 1.165) is 36.0 Å². The van der Waals surface area contributed by atoms with Gasteiger partial charge in [0.2, 0.25) is 5.91 Å². The summed E-state index contributed by atoms with van der Waals surface area (Å²) in [6, 6.07) is 19.1. The first-order valence-corrected chi connectivity index (χ1v) is 9.51. The van der Waals surface area contributed by atoms with E-state index in [9.17, 15) is 9.59 Å². The molecule has 6 nitrogen and oxygen atoms in total. The van der Waals surface area contributed by atoms with Crippen molar-refractivity contribution in [2.24, 2.45) is 0 Å². The molecule has 1 aliphatic rings. The van der Waals surface area contributed by atoms with E-state index in [0.29, 0.717) is 12.3 Å². The smallest absolute Gasteiger partial charge is 0.354 e. The molecular formula is C22H25N3O3. The Morgan fingerprint density at radius 1 is 1.11 bits per heavy atom. The van der Waals surface area contributed by atoms with Gasteiger partial charge in [0, 0.05) is 16.6 Å². The Labute approximate surface area is 164 Å². The number of carbonyl (C=O) groups is 2. The van der Waals surface area contributed by atoms with E-state index in [-0.39, 0.29) is 17.9 Å². The molecule has 4 rings (SSSR count). The predicted molar refractivity (Wildman–Crippen MR) is 110 cm³/mol. The third-order valence-electron chi connectivity index (χ3n) is 4.43. The topological polar surface area (TPSA) is 83.2 Å². The number of hydrogen-bond acceptors (Lipinski definition) is 4. The zero-order chi connectivity index (χ0) is 19.8. The molecule has 2 aromatic carbocycles. The van der Waals surface area contributed by atoms with Gasteiger partial charge < -0.3 is 20.4 Å². The highest BCUT2D eigenvalue weighted by atomic mass is 16.5. The Hall–Kier alpha value is -3.12. The van der Waals surface area contributed by atoms with Crippen LogP contribution in [-0.2, 0) is 9.53 Å². The number of amides is 1. The number of nitrogens with one attached hydrogen (secondary N) is 3. The van der Waals surface area contributed by atoms with Crippen LogP contribution in [0.4, 0.5) is 5.69 Å². The zero-order valence-corrected chi connectivity index (χ0v) is 15.9. The first kappa shape index (κ1) is 19.6. The lowest BCUT2D eigenvalue weighted by Gasteiger charge is -2.11. The monoisotopic (exact) mass is 379 g/mol. The van der Waals surface area contributed by atoms with Crippen LogP contribution in [0.2, 0.25) is 0 Å². The minimum atomic E-state index is -0.376. The molecule has 1 aliphatic heterocycles. The first-order valence-electron chi connectivity index (χ1n) is 9.51. The van der Waals surface area contributed by atoms with Crippen LogP contribution in [0.3, 0.4) is 0 Å². The molecule has 28 heavy (non-hydrogen) atoms. The van der Waals surface area contributed by atoms with Crippen molar-refractivity contribution in [2.45, 2.75) is 25.8 Å². The number of fused-ring (bicyclic) bond motifs is 1. The summed E-state index contributed by atoms with van der Waals surface area (Å²) >= 11 is 0. The highest BCUT2D eigenvalue weighted by Gasteiger charge is 2.22. The number of hydrogen-bond donors (Lipinski definition) is 3. The minimum Gasteiger partial charge on any atom is -0.461 e. The van der Waals surface area contributed by atoms with E-state index in [4.69, 9.17) is 4.74 Å². The number of anilines is 1. The van der Waals surface area contributed by atoms with Crippen molar-refractivity contribution in [3.8, 4) is 0 Å². The van der Waals surface area contributed by atoms with E-state index in [2.05, 4.69) is 15.6 Å². The normalized spacial score (nSPS) is 15.5. The zero-order valence-electron chi connectivity index (χ0n) is 15.9. The Balaban J connectivity index is 0.000000320. The molecule has 3 N–H and O–H groups in total. The standard InChI is InChI=1S/C16H19N3O3.C6H6/c1-2-22-16(21)14-9-10-8-11(5-6-12(10)19-14)18-15(20)13-4-3-7-17-13;1-2-4-6-5-3-1/h5-6,8-9,13,17,19H,2-4,7H2,1H3,(H,18,20);1-6H. The van der Waals surface area contributed by atoms with Gasteiger partial charge in [-0.05, 0) is 50.6 Å². The maximum atomic E-state index is 12.1. The minimum absolute atomic E-state index is 0.0157. The Morgan fingerprint density at radius 2 is 1.82 bits per heavy atom. The summed E-state index contributed by atoms with van der Waals surface area (Å²) in [6.07, 6.45) is 1.89. The number of benzene rings is 2. The summed E-state index contributed by atoms with van der Waals surface area (Å²) in [5.41, 5.74) is 1.97. The SMILES string of the molecule is CCOC(=O)c1cc2cc(NC(=O)C3CCCN3)ccc2[nH]1.c1ccccc1. The molecule has 1 amide bonds. The lowest BCUT2D eigenvalue weighted by Crippen LogP contribution is -2.35. The molecule has 0 bridgehead atoms. The van der Waals surface area contributed by atoms with Gasteiger partial charge in [0.05, 0.1) is 12.6 Å². The predicted octanol–water partition coefficient (Wildman–Crippen LogP) is 3.72. The van der Waals surface area contributed by atoms with Crippen molar-refractivity contribution >= 4 is 28.5 Å². The van der Waals surface area contributed by atoms with Gasteiger partial charge >= 0.3 is 5.97 Å². The lowest BCUT2D eigenvalue weighted by atomic mass is 10.2. The van der Waals surface area contributed by atoms with Crippen molar-refractivity contribution < 1.29 is 14.3 Å². The summed E-state index contributed by atoms with van der Waals surface area (Å²) in [5.74, 6) is -0.391. The van der Waals surface area contributed by atoms with Crippen LogP contribution in [0.15, 0.2) is 60.7 Å². The fraction of sp³-hybridized carbons (Fsp3) is 0.273. The van der Waals surface area contributed by atoms with E-state index >= 15 is 0 Å². The number of aromatic nitrogens is 1. The van der Waals surface area contributed by atoms with Crippen LogP contribution in [0.25, 0.3) is 10.9 Å². The highest BCUT2D eigenvalue weighted by molar-refractivity contribution is 5.99. The van der Waals surface area contributed by atoms with Crippen molar-refractivity contribution in [2.75, 3.05) is 18.5 Å². The van der Waals surface area contributed by atoms with Gasteiger partial charge in [-0.15, -0.1) is 0 Å². The van der Waals surface area contributed by atoms with Crippen molar-refractivity contribution in [1.82, 2.24) is 10.3 Å². The fourth-order valence-electron chi connectivity index (χ4n) is 3.05. The number of ether oxygens (including phenoxy) is 1. The quantitative estimate of drug-likeness (QED) is 0.603. The van der Waals surface area contributed by atoms with E-state index in [1.165, 1.54) is 0 Å². The molecule has 3 aromatic rings. The van der Waals surface area contributed by atoms with Crippen LogP contribution in [-0.4, -0.2) is 36.1 Å². The highest BCUT2D eigenvalue weighted by Crippen LogP contribution is 2.21. The second kappa shape index (κ2) is 9.71. The van der Waals surface area contributed by atoms with Crippen LogP contribution in [0, 0.1) is 0 Å². The molecular weight excluding hydrogens is 354 g/mol.